The van der Waals surface area contributed by atoms with E-state index in [9.17, 15) is 23.1 Å². The van der Waals surface area contributed by atoms with Crippen LogP contribution in [0.2, 0.25) is 5.02 Å². The first kappa shape index (κ1) is 31.3. The molecule has 1 saturated heterocycles. The largest absolute Gasteiger partial charge is 0.508 e. The van der Waals surface area contributed by atoms with Crippen molar-refractivity contribution < 1.29 is 27.8 Å². The molecule has 1 aliphatic rings. The smallest absolute Gasteiger partial charge is 0.416 e. The molecule has 0 bridgehead atoms. The molecule has 1 amide bonds. The zero-order valence-corrected chi connectivity index (χ0v) is 25.6. The molecule has 6 rings (SSSR count). The van der Waals surface area contributed by atoms with Gasteiger partial charge in [-0.3, -0.25) is 14.4 Å². The quantitative estimate of drug-likeness (QED) is 0.214. The number of amides is 1. The molecule has 46 heavy (non-hydrogen) atoms. The van der Waals surface area contributed by atoms with Crippen LogP contribution in [0.3, 0.4) is 0 Å². The number of likely N-dealkylation sites (N-methyl/N-ethyl adjacent to an activating group) is 1. The predicted octanol–water partition coefficient (Wildman–Crippen LogP) is 6.20. The van der Waals surface area contributed by atoms with E-state index in [1.807, 2.05) is 11.9 Å². The van der Waals surface area contributed by atoms with Crippen molar-refractivity contribution in [3.63, 3.8) is 0 Å². The van der Waals surface area contributed by atoms with Crippen molar-refractivity contribution in [3.8, 4) is 28.8 Å². The number of carbonyl (C=O) groups is 1. The summed E-state index contributed by atoms with van der Waals surface area (Å²) in [5, 5.41) is 17.2. The fraction of sp³-hybridized carbons (Fsp3) is 0.250. The van der Waals surface area contributed by atoms with E-state index < -0.39 is 17.6 Å². The summed E-state index contributed by atoms with van der Waals surface area (Å²) in [5.41, 5.74) is 0.277. The Balaban J connectivity index is 1.25. The number of hydrogen-bond donors (Lipinski definition) is 2. The van der Waals surface area contributed by atoms with E-state index in [1.165, 1.54) is 36.4 Å². The summed E-state index contributed by atoms with van der Waals surface area (Å²) in [6, 6.07) is 14.5. The minimum Gasteiger partial charge on any atom is -0.508 e. The van der Waals surface area contributed by atoms with Gasteiger partial charge < -0.3 is 20.1 Å². The SMILES string of the molecule is CN1CCN(Cc2ccc(NC(=O)c3cc(Oc4nc(-c5ccc(O)cc5)nc5nn(C)cc45)ccc3Cl)cc2C(F)(F)F)CC1. The van der Waals surface area contributed by atoms with Crippen LogP contribution in [0.25, 0.3) is 22.4 Å². The van der Waals surface area contributed by atoms with E-state index in [2.05, 4.69) is 25.3 Å². The van der Waals surface area contributed by atoms with E-state index in [4.69, 9.17) is 16.3 Å². The van der Waals surface area contributed by atoms with Crippen molar-refractivity contribution in [2.24, 2.45) is 7.05 Å². The monoisotopic (exact) mass is 651 g/mol. The molecule has 10 nitrogen and oxygen atoms in total. The Morgan fingerprint density at radius 2 is 1.74 bits per heavy atom. The molecule has 0 aliphatic carbocycles. The van der Waals surface area contributed by atoms with Gasteiger partial charge in [-0.1, -0.05) is 17.7 Å². The Bertz CT molecular complexity index is 1910. The molecule has 1 aliphatic heterocycles. The van der Waals surface area contributed by atoms with Crippen molar-refractivity contribution in [1.29, 1.82) is 0 Å². The number of piperazine rings is 1. The zero-order chi connectivity index (χ0) is 32.6. The molecule has 0 saturated carbocycles. The number of alkyl halides is 3. The van der Waals surface area contributed by atoms with Crippen LogP contribution in [0.1, 0.15) is 21.5 Å². The molecule has 2 N–H and O–H groups in total. The van der Waals surface area contributed by atoms with Gasteiger partial charge >= 0.3 is 6.18 Å². The predicted molar refractivity (Wildman–Crippen MR) is 167 cm³/mol. The van der Waals surface area contributed by atoms with Crippen LogP contribution in [0, 0.1) is 0 Å². The van der Waals surface area contributed by atoms with Gasteiger partial charge in [-0.15, -0.1) is 0 Å². The summed E-state index contributed by atoms with van der Waals surface area (Å²) in [4.78, 5) is 26.5. The molecule has 3 heterocycles. The number of aromatic nitrogens is 4. The molecule has 14 heteroatoms. The van der Waals surface area contributed by atoms with E-state index in [1.54, 1.807) is 36.1 Å². The van der Waals surface area contributed by atoms with Gasteiger partial charge in [0, 0.05) is 57.2 Å². The van der Waals surface area contributed by atoms with Crippen molar-refractivity contribution >= 4 is 34.2 Å². The minimum absolute atomic E-state index is 0.00974. The van der Waals surface area contributed by atoms with Crippen molar-refractivity contribution in [1.82, 2.24) is 29.5 Å². The average molecular weight is 652 g/mol. The molecule has 0 radical (unpaired) electrons. The van der Waals surface area contributed by atoms with Gasteiger partial charge in [-0.2, -0.15) is 23.3 Å². The van der Waals surface area contributed by atoms with Gasteiger partial charge in [-0.25, -0.2) is 4.98 Å². The minimum atomic E-state index is -4.61. The number of anilines is 1. The first-order valence-corrected chi connectivity index (χ1v) is 14.7. The van der Waals surface area contributed by atoms with Crippen molar-refractivity contribution in [2.75, 3.05) is 38.5 Å². The second kappa shape index (κ2) is 12.6. The number of rotatable bonds is 7. The summed E-state index contributed by atoms with van der Waals surface area (Å²) >= 11 is 6.36. The molecule has 5 aromatic rings. The third-order valence-corrected chi connectivity index (χ3v) is 7.97. The third-order valence-electron chi connectivity index (χ3n) is 7.64. The van der Waals surface area contributed by atoms with Crippen LogP contribution in [0.15, 0.2) is 66.9 Å². The lowest BCUT2D eigenvalue weighted by Crippen LogP contribution is -2.44. The molecular formula is C32H29ClF3N7O3. The van der Waals surface area contributed by atoms with Crippen LogP contribution >= 0.6 is 11.6 Å². The molecular weight excluding hydrogens is 623 g/mol. The number of ether oxygens (including phenoxy) is 1. The Hall–Kier alpha value is -4.72. The fourth-order valence-electron chi connectivity index (χ4n) is 5.16. The first-order valence-electron chi connectivity index (χ1n) is 14.3. The van der Waals surface area contributed by atoms with E-state index in [0.29, 0.717) is 35.5 Å². The summed E-state index contributed by atoms with van der Waals surface area (Å²) in [6.07, 6.45) is -2.93. The van der Waals surface area contributed by atoms with Crippen LogP contribution in [-0.4, -0.2) is 73.8 Å². The van der Waals surface area contributed by atoms with Crippen LogP contribution < -0.4 is 10.1 Å². The lowest BCUT2D eigenvalue weighted by atomic mass is 10.0. The first-order chi connectivity index (χ1) is 21.9. The molecule has 0 spiro atoms. The lowest BCUT2D eigenvalue weighted by Gasteiger charge is -2.33. The van der Waals surface area contributed by atoms with E-state index >= 15 is 0 Å². The average Bonchev–Trinajstić information content (AvgIpc) is 3.40. The van der Waals surface area contributed by atoms with E-state index in [0.717, 1.165) is 19.2 Å². The Kier molecular flexibility index (Phi) is 8.55. The maximum atomic E-state index is 14.1. The van der Waals surface area contributed by atoms with Crippen LogP contribution in [0.5, 0.6) is 17.4 Å². The van der Waals surface area contributed by atoms with Crippen molar-refractivity contribution in [2.45, 2.75) is 12.7 Å². The van der Waals surface area contributed by atoms with E-state index in [-0.39, 0.29) is 45.8 Å². The highest BCUT2D eigenvalue weighted by Gasteiger charge is 2.34. The molecule has 0 atom stereocenters. The second-order valence-corrected chi connectivity index (χ2v) is 11.5. The van der Waals surface area contributed by atoms with Crippen LogP contribution in [0.4, 0.5) is 18.9 Å². The summed E-state index contributed by atoms with van der Waals surface area (Å²) < 4.78 is 49.9. The van der Waals surface area contributed by atoms with Gasteiger partial charge in [0.1, 0.15) is 16.9 Å². The maximum Gasteiger partial charge on any atom is 0.416 e. The number of carbonyl (C=O) groups excluding carboxylic acids is 1. The molecule has 238 valence electrons. The number of phenols is 1. The standard InChI is InChI=1S/C32H29ClF3N7O3/c1-41-11-13-43(14-12-41)17-20-3-6-21(15-26(20)32(34,35)36)37-30(45)24-16-23(9-10-27(24)33)46-31-25-18-42(2)40-29(25)38-28(39-31)19-4-7-22(44)8-5-19/h3-10,15-16,18,44H,11-14,17H2,1-2H3,(H,37,45). The number of aryl methyl sites for hydroxylation is 1. The Morgan fingerprint density at radius 1 is 1.00 bits per heavy atom. The number of phenolic OH excluding ortho intramolecular Hbond substituents is 1. The summed E-state index contributed by atoms with van der Waals surface area (Å²) in [6.45, 7) is 3.06. The fourth-order valence-corrected chi connectivity index (χ4v) is 5.37. The van der Waals surface area contributed by atoms with Gasteiger partial charge in [0.25, 0.3) is 5.91 Å². The summed E-state index contributed by atoms with van der Waals surface area (Å²) in [5.74, 6) is 0.0237. The highest BCUT2D eigenvalue weighted by molar-refractivity contribution is 6.34. The second-order valence-electron chi connectivity index (χ2n) is 11.1. The molecule has 2 aromatic heterocycles. The number of aromatic hydroxyl groups is 1. The molecule has 0 unspecified atom stereocenters. The number of fused-ring (bicyclic) bond motifs is 1. The zero-order valence-electron chi connectivity index (χ0n) is 24.8. The van der Waals surface area contributed by atoms with Crippen molar-refractivity contribution in [3.05, 3.63) is 88.6 Å². The number of halogens is 4. The van der Waals surface area contributed by atoms with Crippen LogP contribution in [-0.2, 0) is 19.8 Å². The van der Waals surface area contributed by atoms with Gasteiger partial charge in [-0.05, 0) is 67.2 Å². The third kappa shape index (κ3) is 6.91. The number of nitrogens with zero attached hydrogens (tertiary/aromatic N) is 6. The molecule has 3 aromatic carbocycles. The number of benzene rings is 3. The molecule has 1 fully saturated rings. The van der Waals surface area contributed by atoms with Gasteiger partial charge in [0.05, 0.1) is 16.1 Å². The number of nitrogens with one attached hydrogen (secondary N) is 1. The number of hydrogen-bond acceptors (Lipinski definition) is 8. The maximum absolute atomic E-state index is 14.1. The highest BCUT2D eigenvalue weighted by Crippen LogP contribution is 2.36. The Labute approximate surface area is 267 Å². The van der Waals surface area contributed by atoms with Gasteiger partial charge in [0.2, 0.25) is 5.88 Å². The van der Waals surface area contributed by atoms with Gasteiger partial charge in [0.15, 0.2) is 11.5 Å². The topological polar surface area (TPSA) is 109 Å². The summed E-state index contributed by atoms with van der Waals surface area (Å²) in [7, 11) is 3.70. The highest BCUT2D eigenvalue weighted by atomic mass is 35.5. The Morgan fingerprint density at radius 3 is 2.46 bits per heavy atom. The normalized spacial score (nSPS) is 14.5. The lowest BCUT2D eigenvalue weighted by molar-refractivity contribution is -0.138.